The molecule has 0 fully saturated rings. The lowest BCUT2D eigenvalue weighted by Crippen LogP contribution is -2.24. The number of nitrogens with one attached hydrogen (secondary N) is 1. The van der Waals surface area contributed by atoms with E-state index in [0.717, 1.165) is 0 Å². The van der Waals surface area contributed by atoms with Crippen molar-refractivity contribution < 1.29 is 19.1 Å². The van der Waals surface area contributed by atoms with Gasteiger partial charge in [0.25, 0.3) is 0 Å². The highest BCUT2D eigenvalue weighted by Crippen LogP contribution is 2.51. The number of ether oxygens (including phenoxy) is 2. The van der Waals surface area contributed by atoms with E-state index in [1.807, 2.05) is 0 Å². The number of carbonyl (C=O) groups excluding carboxylic acids is 2. The number of hydrogen-bond donors (Lipinski definition) is 1. The van der Waals surface area contributed by atoms with Crippen LogP contribution in [-0.4, -0.2) is 25.8 Å². The summed E-state index contributed by atoms with van der Waals surface area (Å²) < 4.78 is 10.4. The van der Waals surface area contributed by atoms with Gasteiger partial charge in [-0.25, -0.2) is 0 Å². The van der Waals surface area contributed by atoms with E-state index in [1.165, 1.54) is 26.4 Å². The van der Waals surface area contributed by atoms with Gasteiger partial charge in [0.2, 0.25) is 11.6 Å². The fourth-order valence-corrected chi connectivity index (χ4v) is 4.02. The van der Waals surface area contributed by atoms with E-state index in [0.29, 0.717) is 0 Å². The SMILES string of the molecule is COc1c(Cl)c(NC2=C(Cl)C(=O)c3ccccc3C2=O)c(Cl)c(OC)c1Cl. The normalized spacial score (nSPS) is 13.6. The van der Waals surface area contributed by atoms with Crippen LogP contribution in [0.15, 0.2) is 35.0 Å². The average molecular weight is 447 g/mol. The highest BCUT2D eigenvalue weighted by Gasteiger charge is 2.33. The third-order valence-corrected chi connectivity index (χ3v) is 5.38. The predicted molar refractivity (Wildman–Crippen MR) is 106 cm³/mol. The fraction of sp³-hybridized carbons (Fsp3) is 0.111. The van der Waals surface area contributed by atoms with Crippen molar-refractivity contribution in [2.24, 2.45) is 0 Å². The zero-order valence-corrected chi connectivity index (χ0v) is 17.0. The Balaban J connectivity index is 2.17. The topological polar surface area (TPSA) is 64.6 Å². The molecule has 0 radical (unpaired) electrons. The molecule has 0 saturated carbocycles. The molecule has 0 spiro atoms. The summed E-state index contributed by atoms with van der Waals surface area (Å²) in [5.41, 5.74) is 0.358. The summed E-state index contributed by atoms with van der Waals surface area (Å²) in [5, 5.41) is 2.56. The number of halogens is 4. The van der Waals surface area contributed by atoms with Crippen molar-refractivity contribution >= 4 is 63.7 Å². The average Bonchev–Trinajstić information content (AvgIpc) is 2.66. The van der Waals surface area contributed by atoms with Crippen LogP contribution in [0.5, 0.6) is 11.5 Å². The van der Waals surface area contributed by atoms with Crippen LogP contribution in [0.4, 0.5) is 5.69 Å². The molecule has 27 heavy (non-hydrogen) atoms. The molecule has 0 unspecified atom stereocenters. The Morgan fingerprint density at radius 2 is 1.26 bits per heavy atom. The van der Waals surface area contributed by atoms with Crippen LogP contribution >= 0.6 is 46.4 Å². The largest absolute Gasteiger partial charge is 0.493 e. The molecule has 1 aliphatic carbocycles. The van der Waals surface area contributed by atoms with E-state index in [2.05, 4.69) is 5.32 Å². The second-order valence-electron chi connectivity index (χ2n) is 5.40. The highest BCUT2D eigenvalue weighted by atomic mass is 35.5. The molecule has 0 aliphatic heterocycles. The first-order valence-corrected chi connectivity index (χ1v) is 8.98. The Bertz CT molecular complexity index is 986. The number of benzene rings is 2. The van der Waals surface area contributed by atoms with Crippen molar-refractivity contribution in [2.45, 2.75) is 0 Å². The minimum absolute atomic E-state index is 0.00405. The van der Waals surface area contributed by atoms with E-state index < -0.39 is 11.6 Å². The van der Waals surface area contributed by atoms with Gasteiger partial charge in [0.1, 0.15) is 25.8 Å². The molecule has 0 atom stereocenters. The predicted octanol–water partition coefficient (Wildman–Crippen LogP) is 5.61. The van der Waals surface area contributed by atoms with Crippen LogP contribution in [-0.2, 0) is 0 Å². The van der Waals surface area contributed by atoms with Gasteiger partial charge in [-0.15, -0.1) is 0 Å². The van der Waals surface area contributed by atoms with Crippen molar-refractivity contribution in [2.75, 3.05) is 19.5 Å². The van der Waals surface area contributed by atoms with Gasteiger partial charge < -0.3 is 14.8 Å². The summed E-state index contributed by atoms with van der Waals surface area (Å²) >= 11 is 25.0. The second-order valence-corrected chi connectivity index (χ2v) is 6.91. The number of hydrogen-bond acceptors (Lipinski definition) is 5. The zero-order chi connectivity index (χ0) is 19.9. The molecule has 3 rings (SSSR count). The maximum absolute atomic E-state index is 12.8. The lowest BCUT2D eigenvalue weighted by molar-refractivity contribution is 0.0982. The van der Waals surface area contributed by atoms with Crippen molar-refractivity contribution in [3.8, 4) is 11.5 Å². The second kappa shape index (κ2) is 7.60. The first-order chi connectivity index (χ1) is 12.8. The molecule has 140 valence electrons. The van der Waals surface area contributed by atoms with Gasteiger partial charge in [-0.1, -0.05) is 70.7 Å². The lowest BCUT2D eigenvalue weighted by atomic mass is 9.92. The van der Waals surface area contributed by atoms with E-state index in [-0.39, 0.29) is 54.1 Å². The standard InChI is InChI=1S/C18H11Cl4NO4/c1-26-17-10(20)13(11(21)18(27-2)12(17)22)23-14-9(19)15(24)7-5-3-4-6-8(7)16(14)25/h3-6,23H,1-2H3. The molecular formula is C18H11Cl4NO4. The Kier molecular flexibility index (Phi) is 5.58. The third-order valence-electron chi connectivity index (χ3n) is 3.96. The maximum atomic E-state index is 12.8. The van der Waals surface area contributed by atoms with E-state index in [9.17, 15) is 9.59 Å². The first kappa shape index (κ1) is 19.8. The molecule has 9 heteroatoms. The molecule has 1 N–H and O–H groups in total. The minimum Gasteiger partial charge on any atom is -0.493 e. The summed E-state index contributed by atoms with van der Waals surface area (Å²) in [5.74, 6) is -0.785. The van der Waals surface area contributed by atoms with Crippen LogP contribution in [0, 0.1) is 0 Å². The van der Waals surface area contributed by atoms with Crippen molar-refractivity contribution in [1.82, 2.24) is 0 Å². The van der Waals surface area contributed by atoms with Gasteiger partial charge in [-0.05, 0) is 0 Å². The molecular weight excluding hydrogens is 436 g/mol. The molecule has 1 aliphatic rings. The van der Waals surface area contributed by atoms with Gasteiger partial charge in [-0.2, -0.15) is 0 Å². The quantitative estimate of drug-likeness (QED) is 0.661. The highest BCUT2D eigenvalue weighted by molar-refractivity contribution is 6.51. The number of fused-ring (bicyclic) bond motifs is 1. The van der Waals surface area contributed by atoms with E-state index in [1.54, 1.807) is 12.1 Å². The fourth-order valence-electron chi connectivity index (χ4n) is 2.67. The summed E-state index contributed by atoms with van der Waals surface area (Å²) in [4.78, 5) is 25.4. The summed E-state index contributed by atoms with van der Waals surface area (Å²) in [7, 11) is 2.73. The number of methoxy groups -OCH3 is 2. The number of carbonyl (C=O) groups is 2. The number of anilines is 1. The molecule has 0 bridgehead atoms. The molecule has 5 nitrogen and oxygen atoms in total. The van der Waals surface area contributed by atoms with Crippen molar-refractivity contribution in [3.05, 3.63) is 61.2 Å². The number of rotatable bonds is 4. The van der Waals surface area contributed by atoms with E-state index in [4.69, 9.17) is 55.9 Å². The Morgan fingerprint density at radius 1 is 0.778 bits per heavy atom. The molecule has 0 saturated heterocycles. The zero-order valence-electron chi connectivity index (χ0n) is 14.0. The van der Waals surface area contributed by atoms with Crippen LogP contribution in [0.3, 0.4) is 0 Å². The molecule has 0 aromatic heterocycles. The van der Waals surface area contributed by atoms with Gasteiger partial charge in [-0.3, -0.25) is 9.59 Å². The van der Waals surface area contributed by atoms with Gasteiger partial charge in [0.05, 0.1) is 19.9 Å². The number of ketones is 2. The monoisotopic (exact) mass is 445 g/mol. The summed E-state index contributed by atoms with van der Waals surface area (Å²) in [6.45, 7) is 0. The number of allylic oxidation sites excluding steroid dienone is 2. The smallest absolute Gasteiger partial charge is 0.211 e. The number of Topliss-reactive ketones (excluding diaryl/α,β-unsaturated/α-hetero) is 2. The van der Waals surface area contributed by atoms with Crippen molar-refractivity contribution in [3.63, 3.8) is 0 Å². The van der Waals surface area contributed by atoms with Crippen LogP contribution in [0.25, 0.3) is 0 Å². The molecule has 0 heterocycles. The summed E-state index contributed by atoms with van der Waals surface area (Å²) in [6, 6.07) is 6.36. The van der Waals surface area contributed by atoms with Crippen LogP contribution < -0.4 is 14.8 Å². The Labute approximate surface area is 174 Å². The van der Waals surface area contributed by atoms with Crippen molar-refractivity contribution in [1.29, 1.82) is 0 Å². The lowest BCUT2D eigenvalue weighted by Gasteiger charge is -2.22. The molecule has 0 amide bonds. The van der Waals surface area contributed by atoms with Gasteiger partial charge in [0.15, 0.2) is 11.5 Å². The molecule has 2 aromatic carbocycles. The van der Waals surface area contributed by atoms with E-state index >= 15 is 0 Å². The van der Waals surface area contributed by atoms with Gasteiger partial charge >= 0.3 is 0 Å². The van der Waals surface area contributed by atoms with Gasteiger partial charge in [0, 0.05) is 11.1 Å². The minimum atomic E-state index is -0.491. The third kappa shape index (κ3) is 3.15. The Hall–Kier alpha value is -1.92. The first-order valence-electron chi connectivity index (χ1n) is 7.47. The molecule has 2 aromatic rings. The Morgan fingerprint density at radius 3 is 1.74 bits per heavy atom. The summed E-state index contributed by atoms with van der Waals surface area (Å²) in [6.07, 6.45) is 0. The maximum Gasteiger partial charge on any atom is 0.211 e. The van der Waals surface area contributed by atoms with Crippen LogP contribution in [0.2, 0.25) is 15.1 Å². The van der Waals surface area contributed by atoms with Crippen LogP contribution in [0.1, 0.15) is 20.7 Å².